The molecule has 2 aromatic heterocycles. The molecule has 0 aliphatic rings. The van der Waals surface area contributed by atoms with Crippen LogP contribution in [0.4, 0.5) is 16.2 Å². The number of nitrogens with one attached hydrogen (secondary N) is 3. The maximum Gasteiger partial charge on any atom is 0.412 e. The van der Waals surface area contributed by atoms with Gasteiger partial charge in [0.15, 0.2) is 0 Å². The van der Waals surface area contributed by atoms with E-state index in [4.69, 9.17) is 14.6 Å². The van der Waals surface area contributed by atoms with E-state index in [1.807, 2.05) is 0 Å². The summed E-state index contributed by atoms with van der Waals surface area (Å²) in [5.74, 6) is -0.719. The minimum Gasteiger partial charge on any atom is -0.444 e. The van der Waals surface area contributed by atoms with Crippen molar-refractivity contribution in [2.45, 2.75) is 26.4 Å². The van der Waals surface area contributed by atoms with Gasteiger partial charge in [-0.25, -0.2) is 4.79 Å². The molecule has 0 atom stereocenters. The summed E-state index contributed by atoms with van der Waals surface area (Å²) in [6.45, 7) is 6.00. The Morgan fingerprint density at radius 3 is 2.06 bits per heavy atom. The minimum absolute atomic E-state index is 0.0749. The third-order valence-electron chi connectivity index (χ3n) is 4.15. The van der Waals surface area contributed by atoms with E-state index in [9.17, 15) is 14.4 Å². The molecule has 11 heteroatoms. The number of anilines is 2. The molecule has 0 unspecified atom stereocenters. The van der Waals surface area contributed by atoms with Crippen LogP contribution in [0.5, 0.6) is 0 Å². The van der Waals surface area contributed by atoms with Crippen molar-refractivity contribution in [3.63, 3.8) is 0 Å². The smallest absolute Gasteiger partial charge is 0.412 e. The van der Waals surface area contributed by atoms with Crippen molar-refractivity contribution >= 4 is 29.3 Å². The van der Waals surface area contributed by atoms with Gasteiger partial charge in [0.2, 0.25) is 0 Å². The van der Waals surface area contributed by atoms with Crippen LogP contribution in [0.2, 0.25) is 0 Å². The molecule has 0 fully saturated rings. The molecule has 0 radical (unpaired) electrons. The summed E-state index contributed by atoms with van der Waals surface area (Å²) < 4.78 is 13.5. The molecule has 0 spiro atoms. The van der Waals surface area contributed by atoms with Gasteiger partial charge in [0.25, 0.3) is 11.8 Å². The topological polar surface area (TPSA) is 136 Å². The van der Waals surface area contributed by atoms with Crippen LogP contribution in [0.15, 0.2) is 24.5 Å². The van der Waals surface area contributed by atoms with Gasteiger partial charge in [-0.3, -0.25) is 14.9 Å². The SMILES string of the molecule is Cn1cc(NC(=O)c2cc(NC(=O)OC(C)(C)C)cn2C)cc1C(=O)NCCOCCO. The highest BCUT2D eigenvalue weighted by molar-refractivity contribution is 6.05. The van der Waals surface area contributed by atoms with Gasteiger partial charge in [0, 0.05) is 33.0 Å². The van der Waals surface area contributed by atoms with Crippen molar-refractivity contribution in [3.8, 4) is 0 Å². The van der Waals surface area contributed by atoms with Gasteiger partial charge in [-0.2, -0.15) is 0 Å². The first kappa shape index (κ1) is 25.0. The molecule has 0 saturated heterocycles. The van der Waals surface area contributed by atoms with Crippen molar-refractivity contribution < 1.29 is 29.0 Å². The van der Waals surface area contributed by atoms with Crippen molar-refractivity contribution in [2.24, 2.45) is 14.1 Å². The molecule has 0 aromatic carbocycles. The van der Waals surface area contributed by atoms with E-state index in [0.717, 1.165) is 0 Å². The second kappa shape index (κ2) is 10.8. The molecular formula is C21H31N5O6. The first-order chi connectivity index (χ1) is 15.0. The van der Waals surface area contributed by atoms with E-state index in [1.54, 1.807) is 62.5 Å². The lowest BCUT2D eigenvalue weighted by atomic mass is 10.2. The van der Waals surface area contributed by atoms with Gasteiger partial charge in [0.05, 0.1) is 31.2 Å². The number of aromatic nitrogens is 2. The van der Waals surface area contributed by atoms with Crippen molar-refractivity contribution in [2.75, 3.05) is 37.0 Å². The Balaban J connectivity index is 1.98. The van der Waals surface area contributed by atoms with Crippen LogP contribution in [-0.2, 0) is 23.6 Å². The first-order valence-electron chi connectivity index (χ1n) is 10.1. The van der Waals surface area contributed by atoms with Gasteiger partial charge in [0.1, 0.15) is 17.0 Å². The number of aryl methyl sites for hydroxylation is 2. The maximum absolute atomic E-state index is 12.7. The molecule has 4 N–H and O–H groups in total. The summed E-state index contributed by atoms with van der Waals surface area (Å²) in [4.78, 5) is 37.0. The first-order valence-corrected chi connectivity index (χ1v) is 10.1. The van der Waals surface area contributed by atoms with Crippen LogP contribution in [-0.4, -0.2) is 64.1 Å². The maximum atomic E-state index is 12.7. The molecule has 0 aliphatic heterocycles. The molecular weight excluding hydrogens is 418 g/mol. The Bertz CT molecular complexity index is 957. The Labute approximate surface area is 186 Å². The standard InChI is InChI=1S/C21H31N5O6/c1-21(2,3)32-20(30)24-15-11-17(26(5)13-15)19(29)23-14-10-16(25(4)12-14)18(28)22-6-8-31-9-7-27/h10-13,27H,6-9H2,1-5H3,(H,22,28)(H,23,29)(H,24,30). The Morgan fingerprint density at radius 1 is 0.938 bits per heavy atom. The van der Waals surface area contributed by atoms with Crippen molar-refractivity contribution in [1.29, 1.82) is 0 Å². The van der Waals surface area contributed by atoms with Gasteiger partial charge in [-0.1, -0.05) is 0 Å². The second-order valence-corrected chi connectivity index (χ2v) is 8.12. The number of amides is 3. The lowest BCUT2D eigenvalue weighted by Gasteiger charge is -2.19. The van der Waals surface area contributed by atoms with Gasteiger partial charge in [-0.15, -0.1) is 0 Å². The van der Waals surface area contributed by atoms with Crippen LogP contribution in [0.3, 0.4) is 0 Å². The Kier molecular flexibility index (Phi) is 8.44. The molecule has 11 nitrogen and oxygen atoms in total. The zero-order chi connectivity index (χ0) is 23.9. The molecule has 2 rings (SSSR count). The van der Waals surface area contributed by atoms with E-state index in [0.29, 0.717) is 29.3 Å². The molecule has 2 aromatic rings. The quantitative estimate of drug-likeness (QED) is 0.430. The summed E-state index contributed by atoms with van der Waals surface area (Å²) in [5, 5.41) is 16.7. The van der Waals surface area contributed by atoms with Crippen LogP contribution >= 0.6 is 0 Å². The average molecular weight is 450 g/mol. The van der Waals surface area contributed by atoms with E-state index in [2.05, 4.69) is 16.0 Å². The highest BCUT2D eigenvalue weighted by atomic mass is 16.6. The number of nitrogens with zero attached hydrogens (tertiary/aromatic N) is 2. The van der Waals surface area contributed by atoms with Gasteiger partial charge in [-0.05, 0) is 32.9 Å². The third-order valence-corrected chi connectivity index (χ3v) is 4.15. The van der Waals surface area contributed by atoms with Crippen molar-refractivity contribution in [3.05, 3.63) is 35.9 Å². The number of hydrogen-bond donors (Lipinski definition) is 4. The Morgan fingerprint density at radius 2 is 1.50 bits per heavy atom. The highest BCUT2D eigenvalue weighted by Gasteiger charge is 2.19. The van der Waals surface area contributed by atoms with Gasteiger partial charge >= 0.3 is 6.09 Å². The van der Waals surface area contributed by atoms with E-state index in [-0.39, 0.29) is 25.7 Å². The number of hydrogen-bond acceptors (Lipinski definition) is 6. The number of aliphatic hydroxyl groups is 1. The number of carbonyl (C=O) groups excluding carboxylic acids is 3. The highest BCUT2D eigenvalue weighted by Crippen LogP contribution is 2.18. The lowest BCUT2D eigenvalue weighted by Crippen LogP contribution is -2.28. The predicted octanol–water partition coefficient (Wildman–Crippen LogP) is 1.70. The summed E-state index contributed by atoms with van der Waals surface area (Å²) >= 11 is 0. The summed E-state index contributed by atoms with van der Waals surface area (Å²) in [7, 11) is 3.37. The lowest BCUT2D eigenvalue weighted by molar-refractivity contribution is 0.0635. The largest absolute Gasteiger partial charge is 0.444 e. The zero-order valence-electron chi connectivity index (χ0n) is 19.0. The minimum atomic E-state index is -0.636. The normalized spacial score (nSPS) is 11.2. The van der Waals surface area contributed by atoms with E-state index < -0.39 is 17.6 Å². The fourth-order valence-corrected chi connectivity index (χ4v) is 2.83. The predicted molar refractivity (Wildman–Crippen MR) is 119 cm³/mol. The molecule has 176 valence electrons. The average Bonchev–Trinajstić information content (AvgIpc) is 3.21. The zero-order valence-corrected chi connectivity index (χ0v) is 19.0. The van der Waals surface area contributed by atoms with E-state index in [1.165, 1.54) is 6.07 Å². The van der Waals surface area contributed by atoms with Crippen LogP contribution in [0, 0.1) is 0 Å². The number of rotatable bonds is 9. The summed E-state index contributed by atoms with van der Waals surface area (Å²) in [6, 6.07) is 3.09. The monoisotopic (exact) mass is 449 g/mol. The molecule has 2 heterocycles. The summed E-state index contributed by atoms with van der Waals surface area (Å²) in [6.07, 6.45) is 2.61. The van der Waals surface area contributed by atoms with Crippen molar-refractivity contribution in [1.82, 2.24) is 14.5 Å². The van der Waals surface area contributed by atoms with Crippen LogP contribution < -0.4 is 16.0 Å². The molecule has 3 amide bonds. The number of aliphatic hydroxyl groups excluding tert-OH is 1. The molecule has 32 heavy (non-hydrogen) atoms. The Hall–Kier alpha value is -3.31. The van der Waals surface area contributed by atoms with Crippen LogP contribution in [0.1, 0.15) is 41.7 Å². The van der Waals surface area contributed by atoms with Gasteiger partial charge < -0.3 is 34.3 Å². The van der Waals surface area contributed by atoms with E-state index >= 15 is 0 Å². The third kappa shape index (κ3) is 7.43. The fourth-order valence-electron chi connectivity index (χ4n) is 2.83. The second-order valence-electron chi connectivity index (χ2n) is 8.12. The molecule has 0 bridgehead atoms. The molecule has 0 aliphatic carbocycles. The summed E-state index contributed by atoms with van der Waals surface area (Å²) in [5.41, 5.74) is 0.905. The molecule has 0 saturated carbocycles. The van der Waals surface area contributed by atoms with Crippen LogP contribution in [0.25, 0.3) is 0 Å². The fraction of sp³-hybridized carbons (Fsp3) is 0.476. The number of carbonyl (C=O) groups is 3. The number of ether oxygens (including phenoxy) is 2.